The minimum atomic E-state index is -0.0264. The van der Waals surface area contributed by atoms with Gasteiger partial charge in [0.1, 0.15) is 23.0 Å². The number of nitriles is 2. The number of carbonyl (C=O) groups excluding carboxylic acids is 1. The molecule has 1 saturated heterocycles. The van der Waals surface area contributed by atoms with Crippen LogP contribution >= 0.6 is 0 Å². The van der Waals surface area contributed by atoms with Crippen molar-refractivity contribution in [1.82, 2.24) is 4.90 Å². The van der Waals surface area contributed by atoms with Crippen LogP contribution in [0.5, 0.6) is 23.0 Å². The minimum absolute atomic E-state index is 0.00548. The molecule has 5 rings (SSSR count). The summed E-state index contributed by atoms with van der Waals surface area (Å²) in [5.41, 5.74) is 1.67. The highest BCUT2D eigenvalue weighted by atomic mass is 16.5. The third kappa shape index (κ3) is 6.67. The van der Waals surface area contributed by atoms with Crippen LogP contribution in [-0.4, -0.2) is 30.4 Å². The number of benzene rings is 3. The maximum Gasteiger partial charge on any atom is 0.227 e. The van der Waals surface area contributed by atoms with E-state index in [9.17, 15) is 4.79 Å². The fourth-order valence-corrected chi connectivity index (χ4v) is 4.52. The van der Waals surface area contributed by atoms with Crippen molar-refractivity contribution >= 4 is 11.6 Å². The molecule has 3 aromatic rings. The van der Waals surface area contributed by atoms with Gasteiger partial charge in [0.2, 0.25) is 5.91 Å². The zero-order valence-corrected chi connectivity index (χ0v) is 20.5. The minimum Gasteiger partial charge on any atom is -0.457 e. The Bertz CT molecular complexity index is 1250. The second-order valence-corrected chi connectivity index (χ2v) is 9.68. The average Bonchev–Trinajstić information content (AvgIpc) is 3.74. The maximum atomic E-state index is 13.1. The van der Waals surface area contributed by atoms with E-state index in [1.54, 1.807) is 66.7 Å². The molecule has 7 heteroatoms. The summed E-state index contributed by atoms with van der Waals surface area (Å²) in [5.74, 6) is 2.95. The van der Waals surface area contributed by atoms with Crippen molar-refractivity contribution < 1.29 is 14.3 Å². The lowest BCUT2D eigenvalue weighted by Gasteiger charge is -2.31. The van der Waals surface area contributed by atoms with Gasteiger partial charge in [-0.1, -0.05) is 0 Å². The van der Waals surface area contributed by atoms with E-state index in [1.165, 1.54) is 19.4 Å². The van der Waals surface area contributed by atoms with Crippen LogP contribution in [0.1, 0.15) is 36.8 Å². The fraction of sp³-hybridized carbons (Fsp3) is 0.300. The van der Waals surface area contributed by atoms with Crippen LogP contribution in [-0.2, 0) is 4.79 Å². The molecule has 2 fully saturated rings. The van der Waals surface area contributed by atoms with Crippen LogP contribution in [0, 0.1) is 34.5 Å². The molecular formula is C30H28N4O3. The molecule has 1 aliphatic carbocycles. The van der Waals surface area contributed by atoms with Crippen LogP contribution in [0.4, 0.5) is 5.69 Å². The Hall–Kier alpha value is -4.33. The number of hydrogen-bond donors (Lipinski definition) is 1. The number of amides is 1. The van der Waals surface area contributed by atoms with E-state index in [2.05, 4.69) is 22.4 Å². The molecule has 0 radical (unpaired) electrons. The van der Waals surface area contributed by atoms with E-state index < -0.39 is 0 Å². The number of nitrogens with one attached hydrogen (secondary N) is 1. The number of rotatable bonds is 8. The van der Waals surface area contributed by atoms with Gasteiger partial charge in [-0.3, -0.25) is 4.79 Å². The van der Waals surface area contributed by atoms with Gasteiger partial charge in [-0.05, 0) is 93.2 Å². The Morgan fingerprint density at radius 3 is 1.76 bits per heavy atom. The fourth-order valence-electron chi connectivity index (χ4n) is 4.52. The molecule has 1 aliphatic heterocycles. The van der Waals surface area contributed by atoms with Crippen LogP contribution < -0.4 is 14.8 Å². The zero-order valence-electron chi connectivity index (χ0n) is 20.5. The molecule has 1 N–H and O–H groups in total. The number of piperidine rings is 1. The van der Waals surface area contributed by atoms with Gasteiger partial charge in [-0.2, -0.15) is 10.5 Å². The Morgan fingerprint density at radius 1 is 0.784 bits per heavy atom. The van der Waals surface area contributed by atoms with Gasteiger partial charge in [0.05, 0.1) is 23.3 Å². The van der Waals surface area contributed by atoms with Gasteiger partial charge in [0, 0.05) is 36.3 Å². The van der Waals surface area contributed by atoms with Crippen LogP contribution in [0.2, 0.25) is 0 Å². The van der Waals surface area contributed by atoms with Crippen molar-refractivity contribution in [3.8, 4) is 35.1 Å². The summed E-state index contributed by atoms with van der Waals surface area (Å²) in [5, 5.41) is 21.2. The molecule has 7 nitrogen and oxygen atoms in total. The third-order valence-corrected chi connectivity index (χ3v) is 6.76. The zero-order chi connectivity index (χ0) is 25.6. The molecule has 0 bridgehead atoms. The highest BCUT2D eigenvalue weighted by Crippen LogP contribution is 2.34. The first-order valence-electron chi connectivity index (χ1n) is 12.6. The molecule has 1 heterocycles. The Balaban J connectivity index is 1.31. The number of hydrogen-bond acceptors (Lipinski definition) is 6. The summed E-state index contributed by atoms with van der Waals surface area (Å²) < 4.78 is 12.1. The molecule has 2 aliphatic rings. The van der Waals surface area contributed by atoms with Gasteiger partial charge in [0.25, 0.3) is 0 Å². The van der Waals surface area contributed by atoms with Crippen LogP contribution in [0.15, 0.2) is 66.7 Å². The summed E-state index contributed by atoms with van der Waals surface area (Å²) in [6, 6.07) is 23.1. The van der Waals surface area contributed by atoms with Gasteiger partial charge in [-0.25, -0.2) is 0 Å². The normalized spacial score (nSPS) is 15.8. The highest BCUT2D eigenvalue weighted by molar-refractivity contribution is 5.93. The Kier molecular flexibility index (Phi) is 7.35. The van der Waals surface area contributed by atoms with E-state index in [1.807, 2.05) is 0 Å². The lowest BCUT2D eigenvalue weighted by atomic mass is 9.95. The molecule has 186 valence electrons. The lowest BCUT2D eigenvalue weighted by molar-refractivity contribution is -0.121. The summed E-state index contributed by atoms with van der Waals surface area (Å²) in [6.45, 7) is 3.09. The molecule has 1 saturated carbocycles. The smallest absolute Gasteiger partial charge is 0.227 e. The molecule has 0 atom stereocenters. The van der Waals surface area contributed by atoms with Gasteiger partial charge < -0.3 is 19.7 Å². The van der Waals surface area contributed by atoms with Crippen LogP contribution in [0.25, 0.3) is 0 Å². The lowest BCUT2D eigenvalue weighted by Crippen LogP contribution is -2.39. The molecular weight excluding hydrogens is 464 g/mol. The highest BCUT2D eigenvalue weighted by Gasteiger charge is 2.29. The van der Waals surface area contributed by atoms with Gasteiger partial charge in [-0.15, -0.1) is 0 Å². The molecule has 37 heavy (non-hydrogen) atoms. The molecule has 0 aromatic heterocycles. The summed E-state index contributed by atoms with van der Waals surface area (Å²) in [6.07, 6.45) is 4.39. The largest absolute Gasteiger partial charge is 0.457 e. The van der Waals surface area contributed by atoms with E-state index in [4.69, 9.17) is 20.0 Å². The first kappa shape index (κ1) is 24.4. The second kappa shape index (κ2) is 11.2. The maximum absolute atomic E-state index is 13.1. The van der Waals surface area contributed by atoms with Crippen molar-refractivity contribution in [2.24, 2.45) is 11.8 Å². The number of anilines is 1. The number of carbonyl (C=O) groups is 1. The molecule has 1 amide bonds. The quantitative estimate of drug-likeness (QED) is 0.409. The molecule has 3 aromatic carbocycles. The third-order valence-electron chi connectivity index (χ3n) is 6.76. The number of nitrogens with zero attached hydrogens (tertiary/aromatic N) is 3. The monoisotopic (exact) mass is 492 g/mol. The topological polar surface area (TPSA) is 98.4 Å². The van der Waals surface area contributed by atoms with E-state index in [0.29, 0.717) is 39.8 Å². The van der Waals surface area contributed by atoms with E-state index in [0.717, 1.165) is 31.8 Å². The molecule has 0 unspecified atom stereocenters. The van der Waals surface area contributed by atoms with Gasteiger partial charge in [0.15, 0.2) is 0 Å². The first-order chi connectivity index (χ1) is 18.1. The van der Waals surface area contributed by atoms with Crippen molar-refractivity contribution in [3.05, 3.63) is 77.9 Å². The molecule has 0 spiro atoms. The standard InChI is InChI=1S/C30H28N4O3/c31-18-21-3-7-26(8-4-21)36-28-15-25(16-29(17-28)37-27-9-5-22(19-32)6-10-27)33-30(35)24-11-13-34(14-12-24)20-23-1-2-23/h3-10,15-17,23-24H,1-2,11-14,20H2,(H,33,35). The van der Waals surface area contributed by atoms with E-state index >= 15 is 0 Å². The van der Waals surface area contributed by atoms with Crippen LogP contribution in [0.3, 0.4) is 0 Å². The number of ether oxygens (including phenoxy) is 2. The van der Waals surface area contributed by atoms with E-state index in [-0.39, 0.29) is 11.8 Å². The number of likely N-dealkylation sites (tertiary alicyclic amines) is 1. The SMILES string of the molecule is N#Cc1ccc(Oc2cc(NC(=O)C3CCN(CC4CC4)CC3)cc(Oc3ccc(C#N)cc3)c2)cc1. The summed E-state index contributed by atoms with van der Waals surface area (Å²) in [4.78, 5) is 15.6. The average molecular weight is 493 g/mol. The summed E-state index contributed by atoms with van der Waals surface area (Å²) >= 11 is 0. The van der Waals surface area contributed by atoms with Crippen molar-refractivity contribution in [2.75, 3.05) is 25.0 Å². The Morgan fingerprint density at radius 2 is 1.30 bits per heavy atom. The predicted octanol–water partition coefficient (Wildman–Crippen LogP) is 6.08. The predicted molar refractivity (Wildman–Crippen MR) is 139 cm³/mol. The van der Waals surface area contributed by atoms with Crippen molar-refractivity contribution in [3.63, 3.8) is 0 Å². The first-order valence-corrected chi connectivity index (χ1v) is 12.6. The van der Waals surface area contributed by atoms with Crippen molar-refractivity contribution in [1.29, 1.82) is 10.5 Å². The Labute approximate surface area is 216 Å². The second-order valence-electron chi connectivity index (χ2n) is 9.68. The summed E-state index contributed by atoms with van der Waals surface area (Å²) in [7, 11) is 0. The van der Waals surface area contributed by atoms with Crippen molar-refractivity contribution in [2.45, 2.75) is 25.7 Å². The van der Waals surface area contributed by atoms with Gasteiger partial charge >= 0.3 is 0 Å².